The van der Waals surface area contributed by atoms with Crippen LogP contribution in [0.25, 0.3) is 0 Å². The number of nitrogens with zero attached hydrogens (tertiary/aromatic N) is 1. The quantitative estimate of drug-likeness (QED) is 0.559. The number of pyridine rings is 1. The number of amides is 1. The Morgan fingerprint density at radius 2 is 2.19 bits per heavy atom. The van der Waals surface area contributed by atoms with E-state index in [1.807, 2.05) is 0 Å². The Hall–Kier alpha value is -1.46. The van der Waals surface area contributed by atoms with Crippen molar-refractivity contribution in [3.8, 4) is 0 Å². The van der Waals surface area contributed by atoms with Gasteiger partial charge in [0.2, 0.25) is 0 Å². The zero-order valence-corrected chi connectivity index (χ0v) is 9.15. The molecule has 3 N–H and O–H groups in total. The summed E-state index contributed by atoms with van der Waals surface area (Å²) in [7, 11) is 0. The largest absolute Gasteiger partial charge is 0.395 e. The van der Waals surface area contributed by atoms with Crippen molar-refractivity contribution in [3.63, 3.8) is 0 Å². The van der Waals surface area contributed by atoms with E-state index in [0.717, 1.165) is 13.0 Å². The van der Waals surface area contributed by atoms with E-state index < -0.39 is 0 Å². The second-order valence-corrected chi connectivity index (χ2v) is 3.30. The molecular weight excluding hydrogens is 206 g/mol. The minimum absolute atomic E-state index is 0.139. The van der Waals surface area contributed by atoms with Gasteiger partial charge in [0.15, 0.2) is 0 Å². The lowest BCUT2D eigenvalue weighted by Gasteiger charge is -2.05. The van der Waals surface area contributed by atoms with Gasteiger partial charge in [-0.1, -0.05) is 6.07 Å². The number of hydrogen-bond donors (Lipinski definition) is 3. The smallest absolute Gasteiger partial charge is 0.269 e. The molecule has 0 aliphatic heterocycles. The molecule has 5 heteroatoms. The van der Waals surface area contributed by atoms with Crippen LogP contribution < -0.4 is 10.6 Å². The molecule has 1 aromatic rings. The molecule has 5 nitrogen and oxygen atoms in total. The molecule has 88 valence electrons. The number of aliphatic hydroxyl groups excluding tert-OH is 1. The summed E-state index contributed by atoms with van der Waals surface area (Å²) in [6.07, 6.45) is 2.43. The normalized spacial score (nSPS) is 10.1. The molecule has 0 aromatic carbocycles. The number of nitrogens with one attached hydrogen (secondary N) is 2. The predicted molar refractivity (Wildman–Crippen MR) is 61.1 cm³/mol. The van der Waals surface area contributed by atoms with E-state index in [1.54, 1.807) is 24.4 Å². The van der Waals surface area contributed by atoms with Gasteiger partial charge in [0.25, 0.3) is 5.91 Å². The van der Waals surface area contributed by atoms with E-state index in [4.69, 9.17) is 5.11 Å². The molecule has 16 heavy (non-hydrogen) atoms. The molecule has 0 atom stereocenters. The van der Waals surface area contributed by atoms with Crippen LogP contribution in [0.2, 0.25) is 0 Å². The van der Waals surface area contributed by atoms with E-state index in [2.05, 4.69) is 15.6 Å². The van der Waals surface area contributed by atoms with Gasteiger partial charge in [0.1, 0.15) is 5.69 Å². The summed E-state index contributed by atoms with van der Waals surface area (Å²) in [4.78, 5) is 15.4. The molecule has 1 heterocycles. The van der Waals surface area contributed by atoms with Crippen LogP contribution in [0.4, 0.5) is 0 Å². The molecule has 0 radical (unpaired) electrons. The molecule has 1 aromatic heterocycles. The van der Waals surface area contributed by atoms with Gasteiger partial charge < -0.3 is 15.7 Å². The summed E-state index contributed by atoms with van der Waals surface area (Å²) in [5, 5.41) is 14.3. The average molecular weight is 223 g/mol. The molecule has 0 aliphatic carbocycles. The van der Waals surface area contributed by atoms with Crippen LogP contribution in [0.15, 0.2) is 24.4 Å². The molecule has 0 bridgehead atoms. The second kappa shape index (κ2) is 7.78. The fourth-order valence-corrected chi connectivity index (χ4v) is 1.21. The van der Waals surface area contributed by atoms with Gasteiger partial charge in [-0.2, -0.15) is 0 Å². The Morgan fingerprint density at radius 1 is 1.31 bits per heavy atom. The van der Waals surface area contributed by atoms with Crippen molar-refractivity contribution in [1.29, 1.82) is 0 Å². The predicted octanol–water partition coefficient (Wildman–Crippen LogP) is -0.217. The van der Waals surface area contributed by atoms with Crippen LogP contribution >= 0.6 is 0 Å². The second-order valence-electron chi connectivity index (χ2n) is 3.30. The van der Waals surface area contributed by atoms with Gasteiger partial charge in [0, 0.05) is 19.3 Å². The third-order valence-corrected chi connectivity index (χ3v) is 2.00. The summed E-state index contributed by atoms with van der Waals surface area (Å²) >= 11 is 0. The summed E-state index contributed by atoms with van der Waals surface area (Å²) in [6.45, 7) is 2.12. The Balaban J connectivity index is 2.12. The van der Waals surface area contributed by atoms with Crippen molar-refractivity contribution >= 4 is 5.91 Å². The summed E-state index contributed by atoms with van der Waals surface area (Å²) in [5.74, 6) is -0.150. The lowest BCUT2D eigenvalue weighted by atomic mass is 10.3. The molecule has 0 saturated heterocycles. The van der Waals surface area contributed by atoms with E-state index in [9.17, 15) is 4.79 Å². The molecule has 1 rings (SSSR count). The summed E-state index contributed by atoms with van der Waals surface area (Å²) < 4.78 is 0. The highest BCUT2D eigenvalue weighted by Gasteiger charge is 2.03. The first-order valence-corrected chi connectivity index (χ1v) is 5.35. The Morgan fingerprint density at radius 3 is 2.88 bits per heavy atom. The molecule has 0 unspecified atom stereocenters. The Bertz CT molecular complexity index is 303. The van der Waals surface area contributed by atoms with Gasteiger partial charge in [-0.05, 0) is 25.1 Å². The van der Waals surface area contributed by atoms with Crippen molar-refractivity contribution in [1.82, 2.24) is 15.6 Å². The van der Waals surface area contributed by atoms with Crippen molar-refractivity contribution in [3.05, 3.63) is 30.1 Å². The number of rotatable bonds is 7. The average Bonchev–Trinajstić information content (AvgIpc) is 2.34. The number of carbonyl (C=O) groups is 1. The lowest BCUT2D eigenvalue weighted by molar-refractivity contribution is 0.0948. The standard InChI is InChI=1S/C11H17N3O2/c15-9-8-12-5-3-7-14-11(16)10-4-1-2-6-13-10/h1-2,4,6,12,15H,3,5,7-9H2,(H,14,16). The van der Waals surface area contributed by atoms with E-state index in [-0.39, 0.29) is 12.5 Å². The summed E-state index contributed by atoms with van der Waals surface area (Å²) in [6, 6.07) is 5.24. The van der Waals surface area contributed by atoms with Gasteiger partial charge in [-0.15, -0.1) is 0 Å². The molecule has 1 amide bonds. The van der Waals surface area contributed by atoms with Crippen LogP contribution in [0.5, 0.6) is 0 Å². The molecule has 0 fully saturated rings. The van der Waals surface area contributed by atoms with Gasteiger partial charge in [0.05, 0.1) is 6.61 Å². The van der Waals surface area contributed by atoms with Crippen molar-refractivity contribution in [2.45, 2.75) is 6.42 Å². The van der Waals surface area contributed by atoms with Crippen molar-refractivity contribution in [2.75, 3.05) is 26.2 Å². The molecule has 0 spiro atoms. The minimum atomic E-state index is -0.150. The highest BCUT2D eigenvalue weighted by atomic mass is 16.3. The van der Waals surface area contributed by atoms with Crippen molar-refractivity contribution in [2.24, 2.45) is 0 Å². The molecule has 0 aliphatic rings. The highest BCUT2D eigenvalue weighted by Crippen LogP contribution is 1.92. The van der Waals surface area contributed by atoms with Crippen LogP contribution in [0, 0.1) is 0 Å². The molecular formula is C11H17N3O2. The number of aromatic nitrogens is 1. The number of carbonyl (C=O) groups excluding carboxylic acids is 1. The lowest BCUT2D eigenvalue weighted by Crippen LogP contribution is -2.28. The van der Waals surface area contributed by atoms with E-state index >= 15 is 0 Å². The van der Waals surface area contributed by atoms with Gasteiger partial charge in [-0.25, -0.2) is 0 Å². The first-order chi connectivity index (χ1) is 7.84. The van der Waals surface area contributed by atoms with Gasteiger partial charge >= 0.3 is 0 Å². The van der Waals surface area contributed by atoms with Crippen LogP contribution in [-0.4, -0.2) is 42.2 Å². The van der Waals surface area contributed by atoms with E-state index in [0.29, 0.717) is 18.8 Å². The SMILES string of the molecule is O=C(NCCCNCCO)c1ccccn1. The monoisotopic (exact) mass is 223 g/mol. The fourth-order valence-electron chi connectivity index (χ4n) is 1.21. The van der Waals surface area contributed by atoms with Crippen molar-refractivity contribution < 1.29 is 9.90 Å². The first-order valence-electron chi connectivity index (χ1n) is 5.35. The first kappa shape index (κ1) is 12.6. The van der Waals surface area contributed by atoms with Crippen LogP contribution in [-0.2, 0) is 0 Å². The Labute approximate surface area is 94.9 Å². The van der Waals surface area contributed by atoms with E-state index in [1.165, 1.54) is 0 Å². The third kappa shape index (κ3) is 4.86. The summed E-state index contributed by atoms with van der Waals surface area (Å²) in [5.41, 5.74) is 0.436. The topological polar surface area (TPSA) is 74.2 Å². The zero-order chi connectivity index (χ0) is 11.6. The zero-order valence-electron chi connectivity index (χ0n) is 9.15. The highest BCUT2D eigenvalue weighted by molar-refractivity contribution is 5.92. The van der Waals surface area contributed by atoms with Crippen LogP contribution in [0.1, 0.15) is 16.9 Å². The number of aliphatic hydroxyl groups is 1. The maximum absolute atomic E-state index is 11.5. The van der Waals surface area contributed by atoms with Crippen LogP contribution in [0.3, 0.4) is 0 Å². The maximum Gasteiger partial charge on any atom is 0.269 e. The minimum Gasteiger partial charge on any atom is -0.395 e. The Kier molecular flexibility index (Phi) is 6.13. The molecule has 0 saturated carbocycles. The maximum atomic E-state index is 11.5. The fraction of sp³-hybridized carbons (Fsp3) is 0.455. The van der Waals surface area contributed by atoms with Gasteiger partial charge in [-0.3, -0.25) is 9.78 Å². The third-order valence-electron chi connectivity index (χ3n) is 2.00. The number of hydrogen-bond acceptors (Lipinski definition) is 4.